The summed E-state index contributed by atoms with van der Waals surface area (Å²) in [4.78, 5) is 11.7. The molecule has 0 spiro atoms. The second kappa shape index (κ2) is 4.45. The summed E-state index contributed by atoms with van der Waals surface area (Å²) in [5, 5.41) is 0. The Morgan fingerprint density at radius 1 is 1.35 bits per heavy atom. The van der Waals surface area contributed by atoms with Gasteiger partial charge in [-0.25, -0.2) is 4.79 Å². The molecule has 0 aliphatic carbocycles. The highest BCUT2D eigenvalue weighted by Gasteiger charge is 2.40. The summed E-state index contributed by atoms with van der Waals surface area (Å²) in [5.74, 6) is -0.0638. The van der Waals surface area contributed by atoms with E-state index in [1.54, 1.807) is 27.7 Å². The van der Waals surface area contributed by atoms with Crippen molar-refractivity contribution in [2.75, 3.05) is 6.54 Å². The van der Waals surface area contributed by atoms with Crippen molar-refractivity contribution >= 4 is 16.4 Å². The van der Waals surface area contributed by atoms with Gasteiger partial charge in [-0.05, 0) is 27.7 Å². The van der Waals surface area contributed by atoms with Gasteiger partial charge in [-0.2, -0.15) is 12.7 Å². The second-order valence-corrected chi connectivity index (χ2v) is 6.74. The zero-order chi connectivity index (χ0) is 13.4. The number of hydrogen-bond acceptors (Lipinski definition) is 5. The van der Waals surface area contributed by atoms with Gasteiger partial charge in [0.05, 0.1) is 6.10 Å². The average molecular weight is 265 g/mol. The fourth-order valence-electron chi connectivity index (χ4n) is 1.32. The molecule has 0 N–H and O–H groups in total. The van der Waals surface area contributed by atoms with Crippen molar-refractivity contribution in [3.05, 3.63) is 0 Å². The third-order valence-electron chi connectivity index (χ3n) is 2.40. The van der Waals surface area contributed by atoms with Crippen LogP contribution in [0.15, 0.2) is 0 Å². The molecule has 1 amide bonds. The monoisotopic (exact) mass is 265 g/mol. The van der Waals surface area contributed by atoms with Crippen LogP contribution in [0.3, 0.4) is 0 Å². The van der Waals surface area contributed by atoms with Crippen LogP contribution in [-0.4, -0.2) is 37.1 Å². The van der Waals surface area contributed by atoms with Crippen molar-refractivity contribution in [2.24, 2.45) is 5.92 Å². The third-order valence-corrected chi connectivity index (χ3v) is 3.78. The Labute approximate surface area is 102 Å². The molecule has 0 radical (unpaired) electrons. The Balaban J connectivity index is 2.86. The van der Waals surface area contributed by atoms with Crippen LogP contribution in [0.4, 0.5) is 4.79 Å². The van der Waals surface area contributed by atoms with E-state index in [4.69, 9.17) is 8.92 Å². The summed E-state index contributed by atoms with van der Waals surface area (Å²) in [5.41, 5.74) is -0.737. The van der Waals surface area contributed by atoms with Gasteiger partial charge in [-0.15, -0.1) is 0 Å². The maximum Gasteiger partial charge on any atom is 0.425 e. The lowest BCUT2D eigenvalue weighted by molar-refractivity contribution is 0.0228. The largest absolute Gasteiger partial charge is 0.443 e. The van der Waals surface area contributed by atoms with Crippen LogP contribution in [0.5, 0.6) is 0 Å². The molecule has 6 nitrogen and oxygen atoms in total. The molecule has 0 aromatic rings. The van der Waals surface area contributed by atoms with Crippen molar-refractivity contribution in [1.29, 1.82) is 0 Å². The first-order chi connectivity index (χ1) is 7.53. The molecule has 100 valence electrons. The molecule has 1 aliphatic rings. The van der Waals surface area contributed by atoms with Crippen LogP contribution in [-0.2, 0) is 19.2 Å². The molecule has 1 saturated heterocycles. The maximum atomic E-state index is 11.7. The quantitative estimate of drug-likeness (QED) is 0.664. The van der Waals surface area contributed by atoms with E-state index in [0.29, 0.717) is 4.31 Å². The molecular formula is C10H19NO5S. The van der Waals surface area contributed by atoms with Crippen molar-refractivity contribution in [3.63, 3.8) is 0 Å². The van der Waals surface area contributed by atoms with Crippen LogP contribution in [0, 0.1) is 5.92 Å². The molecule has 0 bridgehead atoms. The van der Waals surface area contributed by atoms with E-state index < -0.39 is 28.1 Å². The molecule has 1 heterocycles. The standard InChI is InChI=1S/C10H19NO5S/c1-7-6-11(9(12)15-10(3,4)5)17(13,14)16-8(7)2/h7-8H,6H2,1-5H3/t7-,8?/m0/s1. The number of hydrogen-bond donors (Lipinski definition) is 0. The average Bonchev–Trinajstić information content (AvgIpc) is 2.07. The van der Waals surface area contributed by atoms with Crippen LogP contribution in [0.1, 0.15) is 34.6 Å². The summed E-state index contributed by atoms with van der Waals surface area (Å²) in [6.07, 6.45) is -1.32. The van der Waals surface area contributed by atoms with Gasteiger partial charge >= 0.3 is 16.4 Å². The van der Waals surface area contributed by atoms with E-state index in [2.05, 4.69) is 0 Å². The molecule has 17 heavy (non-hydrogen) atoms. The molecule has 1 unspecified atom stereocenters. The highest BCUT2D eigenvalue weighted by molar-refractivity contribution is 7.84. The summed E-state index contributed by atoms with van der Waals surface area (Å²) in [6.45, 7) is 8.58. The van der Waals surface area contributed by atoms with E-state index in [-0.39, 0.29) is 12.5 Å². The van der Waals surface area contributed by atoms with Crippen molar-refractivity contribution in [3.8, 4) is 0 Å². The van der Waals surface area contributed by atoms with E-state index in [0.717, 1.165) is 0 Å². The number of nitrogens with zero attached hydrogens (tertiary/aromatic N) is 1. The molecule has 0 aromatic carbocycles. The number of carbonyl (C=O) groups is 1. The Kier molecular flexibility index (Phi) is 3.73. The molecule has 0 aromatic heterocycles. The van der Waals surface area contributed by atoms with E-state index in [9.17, 15) is 13.2 Å². The first-order valence-electron chi connectivity index (χ1n) is 5.47. The lowest BCUT2D eigenvalue weighted by Crippen LogP contribution is -2.50. The number of rotatable bonds is 0. The smallest absolute Gasteiger partial charge is 0.425 e. The Morgan fingerprint density at radius 3 is 2.35 bits per heavy atom. The molecule has 0 saturated carbocycles. The SMILES string of the molecule is CC1OS(=O)(=O)N(C(=O)OC(C)(C)C)C[C@@H]1C. The van der Waals surface area contributed by atoms with E-state index >= 15 is 0 Å². The van der Waals surface area contributed by atoms with E-state index in [1.165, 1.54) is 0 Å². The summed E-state index contributed by atoms with van der Waals surface area (Å²) in [7, 11) is -4.02. The lowest BCUT2D eigenvalue weighted by Gasteiger charge is -2.34. The zero-order valence-corrected chi connectivity index (χ0v) is 11.6. The van der Waals surface area contributed by atoms with Gasteiger partial charge in [-0.1, -0.05) is 6.92 Å². The minimum atomic E-state index is -4.02. The molecule has 1 aliphatic heterocycles. The molecule has 1 rings (SSSR count). The van der Waals surface area contributed by atoms with Gasteiger partial charge < -0.3 is 4.74 Å². The topological polar surface area (TPSA) is 72.9 Å². The van der Waals surface area contributed by atoms with Gasteiger partial charge in [0.15, 0.2) is 0 Å². The van der Waals surface area contributed by atoms with Crippen molar-refractivity contribution in [1.82, 2.24) is 4.31 Å². The summed E-state index contributed by atoms with van der Waals surface area (Å²) >= 11 is 0. The Hall–Kier alpha value is -0.820. The fraction of sp³-hybridized carbons (Fsp3) is 0.900. The van der Waals surface area contributed by atoms with Gasteiger partial charge in [0.25, 0.3) is 0 Å². The zero-order valence-electron chi connectivity index (χ0n) is 10.8. The van der Waals surface area contributed by atoms with Gasteiger partial charge in [0.2, 0.25) is 0 Å². The maximum absolute atomic E-state index is 11.7. The predicted molar refractivity (Wildman–Crippen MR) is 61.6 cm³/mol. The predicted octanol–water partition coefficient (Wildman–Crippen LogP) is 1.52. The lowest BCUT2D eigenvalue weighted by atomic mass is 10.1. The number of amides is 1. The van der Waals surface area contributed by atoms with Gasteiger partial charge in [0, 0.05) is 12.5 Å². The second-order valence-electron chi connectivity index (χ2n) is 5.25. The van der Waals surface area contributed by atoms with Crippen LogP contribution in [0.25, 0.3) is 0 Å². The molecular weight excluding hydrogens is 246 g/mol. The Bertz CT molecular complexity index is 397. The minimum absolute atomic E-state index is 0.0638. The highest BCUT2D eigenvalue weighted by Crippen LogP contribution is 2.24. The summed E-state index contributed by atoms with van der Waals surface area (Å²) in [6, 6.07) is 0. The number of carbonyl (C=O) groups excluding carboxylic acids is 1. The van der Waals surface area contributed by atoms with Crippen LogP contribution in [0.2, 0.25) is 0 Å². The summed E-state index contributed by atoms with van der Waals surface area (Å²) < 4.78 is 33.8. The molecule has 1 fully saturated rings. The first-order valence-corrected chi connectivity index (χ1v) is 6.83. The van der Waals surface area contributed by atoms with Crippen LogP contribution >= 0.6 is 0 Å². The highest BCUT2D eigenvalue weighted by atomic mass is 32.2. The van der Waals surface area contributed by atoms with Crippen molar-refractivity contribution in [2.45, 2.75) is 46.3 Å². The fourth-order valence-corrected chi connectivity index (χ4v) is 2.63. The van der Waals surface area contributed by atoms with Gasteiger partial charge in [-0.3, -0.25) is 4.18 Å². The molecule has 7 heteroatoms. The van der Waals surface area contributed by atoms with E-state index in [1.807, 2.05) is 6.92 Å². The van der Waals surface area contributed by atoms with Crippen molar-refractivity contribution < 1.29 is 22.1 Å². The normalized spacial score (nSPS) is 28.9. The first kappa shape index (κ1) is 14.2. The van der Waals surface area contributed by atoms with Gasteiger partial charge in [0.1, 0.15) is 5.60 Å². The Morgan fingerprint density at radius 2 is 1.88 bits per heavy atom. The number of ether oxygens (including phenoxy) is 1. The third kappa shape index (κ3) is 3.57. The van der Waals surface area contributed by atoms with Crippen LogP contribution < -0.4 is 0 Å². The minimum Gasteiger partial charge on any atom is -0.443 e. The molecule has 2 atom stereocenters.